The van der Waals surface area contributed by atoms with Crippen molar-refractivity contribution in [2.24, 2.45) is 0 Å². The maximum Gasteiger partial charge on any atom is 0.324 e. The lowest BCUT2D eigenvalue weighted by molar-refractivity contribution is 0.368. The molecule has 49 heavy (non-hydrogen) atoms. The van der Waals surface area contributed by atoms with Crippen LogP contribution in [0.5, 0.6) is 17.2 Å². The lowest BCUT2D eigenvalue weighted by Gasteiger charge is -2.30. The van der Waals surface area contributed by atoms with Crippen molar-refractivity contribution in [2.45, 2.75) is 157 Å². The second-order valence-corrected chi connectivity index (χ2v) is 19.4. The summed E-state index contributed by atoms with van der Waals surface area (Å²) in [5.74, 6) is 1.24. The molecule has 0 atom stereocenters. The van der Waals surface area contributed by atoms with Crippen molar-refractivity contribution in [3.8, 4) is 17.2 Å². The summed E-state index contributed by atoms with van der Waals surface area (Å²) in [7, 11) is -2.62. The molecule has 0 heterocycles. The van der Waals surface area contributed by atoms with E-state index in [2.05, 4.69) is 143 Å². The Labute approximate surface area is 300 Å². The fourth-order valence-electron chi connectivity index (χ4n) is 5.86. The van der Waals surface area contributed by atoms with E-state index >= 15 is 0 Å². The van der Waals surface area contributed by atoms with Crippen LogP contribution in [0.25, 0.3) is 0 Å². The number of aromatic hydroxyl groups is 3. The van der Waals surface area contributed by atoms with Gasteiger partial charge in [-0.05, 0) is 67.4 Å². The van der Waals surface area contributed by atoms with Crippen LogP contribution in [0.3, 0.4) is 0 Å². The van der Waals surface area contributed by atoms with E-state index in [1.165, 1.54) is 16.7 Å². The molecule has 0 aromatic heterocycles. The van der Waals surface area contributed by atoms with Gasteiger partial charge >= 0.3 is 8.60 Å². The average Bonchev–Trinajstić information content (AvgIpc) is 2.85. The van der Waals surface area contributed by atoms with Crippen molar-refractivity contribution in [1.29, 1.82) is 0 Å². The molecule has 0 fully saturated rings. The standard InChI is InChI=1S/3C14H22O.H3O3P/c3*1-13(2,3)10-8-7-9-11(15)12(10)14(4,5)6;1-4(2)3/h3*7-9,15H,1-6H3;1-3H. The van der Waals surface area contributed by atoms with Crippen LogP contribution in [0, 0.1) is 0 Å². The highest BCUT2D eigenvalue weighted by Crippen LogP contribution is 2.41. The first-order valence-electron chi connectivity index (χ1n) is 17.0. The zero-order valence-corrected chi connectivity index (χ0v) is 34.7. The summed E-state index contributed by atoms with van der Waals surface area (Å²) in [5, 5.41) is 30.0. The van der Waals surface area contributed by atoms with Gasteiger partial charge in [-0.15, -0.1) is 0 Å². The molecule has 0 bridgehead atoms. The minimum absolute atomic E-state index is 0.0199. The van der Waals surface area contributed by atoms with Gasteiger partial charge in [-0.25, -0.2) is 0 Å². The van der Waals surface area contributed by atoms with E-state index in [0.29, 0.717) is 17.2 Å². The van der Waals surface area contributed by atoms with Crippen LogP contribution in [-0.2, 0) is 32.5 Å². The Morgan fingerprint density at radius 3 is 0.592 bits per heavy atom. The number of benzene rings is 3. The van der Waals surface area contributed by atoms with Crippen LogP contribution in [0.4, 0.5) is 0 Å². The Bertz CT molecular complexity index is 1290. The quantitative estimate of drug-likeness (QED) is 0.130. The van der Waals surface area contributed by atoms with Crippen molar-refractivity contribution in [3.63, 3.8) is 0 Å². The molecule has 0 amide bonds. The zero-order valence-electron chi connectivity index (χ0n) is 33.8. The molecule has 7 heteroatoms. The van der Waals surface area contributed by atoms with E-state index in [4.69, 9.17) is 14.7 Å². The highest BCUT2D eigenvalue weighted by molar-refractivity contribution is 7.38. The van der Waals surface area contributed by atoms with E-state index in [-0.39, 0.29) is 32.5 Å². The van der Waals surface area contributed by atoms with Gasteiger partial charge in [-0.1, -0.05) is 161 Å². The Hall–Kier alpha value is -2.63. The van der Waals surface area contributed by atoms with E-state index in [9.17, 15) is 15.3 Å². The Kier molecular flexibility index (Phi) is 16.1. The molecular formula is C42H69O6P. The van der Waals surface area contributed by atoms with Crippen LogP contribution in [0.15, 0.2) is 54.6 Å². The van der Waals surface area contributed by atoms with Crippen molar-refractivity contribution < 1.29 is 30.0 Å². The maximum atomic E-state index is 9.99. The molecule has 0 unspecified atom stereocenters. The highest BCUT2D eigenvalue weighted by Gasteiger charge is 2.29. The second-order valence-electron chi connectivity index (χ2n) is 18.9. The molecule has 0 saturated carbocycles. The Morgan fingerprint density at radius 2 is 0.490 bits per heavy atom. The van der Waals surface area contributed by atoms with E-state index in [0.717, 1.165) is 16.7 Å². The molecule has 278 valence electrons. The molecule has 0 saturated heterocycles. The van der Waals surface area contributed by atoms with Gasteiger partial charge in [0, 0.05) is 16.7 Å². The van der Waals surface area contributed by atoms with Gasteiger partial charge < -0.3 is 30.0 Å². The van der Waals surface area contributed by atoms with E-state index in [1.54, 1.807) is 18.2 Å². The number of phenols is 3. The third kappa shape index (κ3) is 15.0. The van der Waals surface area contributed by atoms with Crippen molar-refractivity contribution in [1.82, 2.24) is 0 Å². The largest absolute Gasteiger partial charge is 0.508 e. The van der Waals surface area contributed by atoms with Crippen molar-refractivity contribution in [3.05, 3.63) is 88.0 Å². The summed E-state index contributed by atoms with van der Waals surface area (Å²) in [6.45, 7) is 38.8. The molecule has 6 N–H and O–H groups in total. The molecule has 0 radical (unpaired) electrons. The predicted octanol–water partition coefficient (Wildman–Crippen LogP) is 11.2. The molecule has 6 nitrogen and oxygen atoms in total. The topological polar surface area (TPSA) is 121 Å². The van der Waals surface area contributed by atoms with Crippen LogP contribution in [-0.4, -0.2) is 30.0 Å². The van der Waals surface area contributed by atoms with Crippen LogP contribution in [0.1, 0.15) is 158 Å². The Balaban J connectivity index is 0.000000667. The summed E-state index contributed by atoms with van der Waals surface area (Å²) < 4.78 is 0. The molecule has 0 spiro atoms. The molecule has 3 aromatic rings. The summed E-state index contributed by atoms with van der Waals surface area (Å²) in [4.78, 5) is 21.7. The maximum absolute atomic E-state index is 9.99. The molecule has 0 aliphatic rings. The summed E-state index contributed by atoms with van der Waals surface area (Å²) in [5.41, 5.74) is 7.05. The molecule has 0 aliphatic carbocycles. The fourth-order valence-corrected chi connectivity index (χ4v) is 5.86. The monoisotopic (exact) mass is 700 g/mol. The van der Waals surface area contributed by atoms with Gasteiger partial charge in [0.05, 0.1) is 0 Å². The van der Waals surface area contributed by atoms with Gasteiger partial charge in [0.25, 0.3) is 0 Å². The summed E-state index contributed by atoms with van der Waals surface area (Å²) >= 11 is 0. The normalized spacial score (nSPS) is 12.6. The molecular weight excluding hydrogens is 631 g/mol. The molecule has 3 rings (SSSR count). The SMILES string of the molecule is CC(C)(C)c1cccc(O)c1C(C)(C)C.CC(C)(C)c1cccc(O)c1C(C)(C)C.CC(C)(C)c1cccc(O)c1C(C)(C)C.OP(O)O. The number of phenolic OH excluding ortho intramolecular Hbond substituents is 3. The van der Waals surface area contributed by atoms with Gasteiger partial charge in [0.2, 0.25) is 0 Å². The van der Waals surface area contributed by atoms with Gasteiger partial charge in [-0.3, -0.25) is 0 Å². The molecule has 3 aromatic carbocycles. The smallest absolute Gasteiger partial charge is 0.324 e. The molecule has 0 aliphatic heterocycles. The van der Waals surface area contributed by atoms with Gasteiger partial charge in [-0.2, -0.15) is 0 Å². The first-order valence-corrected chi connectivity index (χ1v) is 18.2. The van der Waals surface area contributed by atoms with Crippen LogP contribution < -0.4 is 0 Å². The lowest BCUT2D eigenvalue weighted by atomic mass is 9.75. The summed E-state index contributed by atoms with van der Waals surface area (Å²) in [6, 6.07) is 17.4. The van der Waals surface area contributed by atoms with E-state index in [1.807, 2.05) is 18.2 Å². The number of hydrogen-bond acceptors (Lipinski definition) is 6. The van der Waals surface area contributed by atoms with E-state index < -0.39 is 8.60 Å². The second kappa shape index (κ2) is 17.1. The average molecular weight is 701 g/mol. The lowest BCUT2D eigenvalue weighted by Crippen LogP contribution is -2.21. The van der Waals surface area contributed by atoms with Gasteiger partial charge in [0.1, 0.15) is 17.2 Å². The first kappa shape index (κ1) is 46.4. The first-order chi connectivity index (χ1) is 21.6. The Morgan fingerprint density at radius 1 is 0.327 bits per heavy atom. The third-order valence-electron chi connectivity index (χ3n) is 7.80. The zero-order chi connectivity index (χ0) is 39.1. The predicted molar refractivity (Wildman–Crippen MR) is 210 cm³/mol. The fraction of sp³-hybridized carbons (Fsp3) is 0.571. The third-order valence-corrected chi connectivity index (χ3v) is 7.80. The van der Waals surface area contributed by atoms with Crippen molar-refractivity contribution >= 4 is 8.60 Å². The van der Waals surface area contributed by atoms with Crippen LogP contribution in [0.2, 0.25) is 0 Å². The minimum Gasteiger partial charge on any atom is -0.508 e. The van der Waals surface area contributed by atoms with Crippen molar-refractivity contribution in [2.75, 3.05) is 0 Å². The number of rotatable bonds is 0. The highest BCUT2D eigenvalue weighted by atomic mass is 31.2. The van der Waals surface area contributed by atoms with Gasteiger partial charge in [0.15, 0.2) is 0 Å². The van der Waals surface area contributed by atoms with Crippen LogP contribution >= 0.6 is 8.60 Å². The number of hydrogen-bond donors (Lipinski definition) is 6. The minimum atomic E-state index is -2.62. The summed E-state index contributed by atoms with van der Waals surface area (Å²) in [6.07, 6.45) is 0.